The summed E-state index contributed by atoms with van der Waals surface area (Å²) in [7, 11) is 1.86. The average Bonchev–Trinajstić information content (AvgIpc) is 3.38. The van der Waals surface area contributed by atoms with Gasteiger partial charge in [0.05, 0.1) is 11.4 Å². The Morgan fingerprint density at radius 3 is 2.48 bits per heavy atom. The summed E-state index contributed by atoms with van der Waals surface area (Å²) in [6, 6.07) is 7.94. The molecule has 0 atom stereocenters. The fraction of sp³-hybridized carbons (Fsp3) is 0.387. The highest BCUT2D eigenvalue weighted by atomic mass is 16.2. The summed E-state index contributed by atoms with van der Waals surface area (Å²) >= 11 is 0. The number of hydrogen-bond acceptors (Lipinski definition) is 8. The molecule has 1 aliphatic carbocycles. The third kappa shape index (κ3) is 5.22. The highest BCUT2D eigenvalue weighted by Crippen LogP contribution is 2.35. The van der Waals surface area contributed by atoms with Gasteiger partial charge in [-0.1, -0.05) is 32.0 Å². The Morgan fingerprint density at radius 2 is 1.79 bits per heavy atom. The van der Waals surface area contributed by atoms with Crippen LogP contribution in [0, 0.1) is 0 Å². The number of piperidine rings is 1. The van der Waals surface area contributed by atoms with Crippen molar-refractivity contribution in [3.8, 4) is 11.4 Å². The minimum Gasteiger partial charge on any atom is -0.351 e. The van der Waals surface area contributed by atoms with Gasteiger partial charge < -0.3 is 15.5 Å². The fourth-order valence-electron chi connectivity index (χ4n) is 5.97. The zero-order valence-electron chi connectivity index (χ0n) is 24.2. The summed E-state index contributed by atoms with van der Waals surface area (Å²) in [5.41, 5.74) is 7.60. The topological polar surface area (TPSA) is 131 Å². The number of hydrogen-bond donors (Lipinski definition) is 2. The van der Waals surface area contributed by atoms with Crippen molar-refractivity contribution in [2.45, 2.75) is 58.4 Å². The zero-order valence-corrected chi connectivity index (χ0v) is 24.2. The second-order valence-electron chi connectivity index (χ2n) is 10.8. The summed E-state index contributed by atoms with van der Waals surface area (Å²) in [5, 5.41) is 11.3. The van der Waals surface area contributed by atoms with E-state index in [0.717, 1.165) is 71.4 Å². The van der Waals surface area contributed by atoms with Gasteiger partial charge in [-0.2, -0.15) is 5.10 Å². The van der Waals surface area contributed by atoms with Crippen molar-refractivity contribution in [1.82, 2.24) is 34.6 Å². The van der Waals surface area contributed by atoms with Crippen LogP contribution < -0.4 is 10.6 Å². The number of aryl methyl sites for hydroxylation is 4. The summed E-state index contributed by atoms with van der Waals surface area (Å²) in [6.07, 6.45) is 9.51. The quantitative estimate of drug-likeness (QED) is 0.346. The third-order valence-corrected chi connectivity index (χ3v) is 8.25. The van der Waals surface area contributed by atoms with E-state index in [-0.39, 0.29) is 17.9 Å². The number of rotatable bonds is 7. The van der Waals surface area contributed by atoms with Gasteiger partial charge in [0.25, 0.3) is 11.8 Å². The normalized spacial score (nSPS) is 14.7. The lowest BCUT2D eigenvalue weighted by Gasteiger charge is -2.32. The van der Waals surface area contributed by atoms with Crippen molar-refractivity contribution in [2.24, 2.45) is 7.05 Å². The van der Waals surface area contributed by atoms with Crippen molar-refractivity contribution in [3.63, 3.8) is 0 Å². The molecule has 11 nitrogen and oxygen atoms in total. The van der Waals surface area contributed by atoms with E-state index in [9.17, 15) is 9.59 Å². The smallest absolute Gasteiger partial charge is 0.276 e. The number of para-hydroxylation sites is 1. The first-order valence-corrected chi connectivity index (χ1v) is 14.6. The zero-order chi connectivity index (χ0) is 29.2. The number of amides is 2. The fourth-order valence-corrected chi connectivity index (χ4v) is 5.97. The molecule has 42 heavy (non-hydrogen) atoms. The lowest BCUT2D eigenvalue weighted by Crippen LogP contribution is -2.42. The van der Waals surface area contributed by atoms with Crippen LogP contribution in [0.5, 0.6) is 0 Å². The molecule has 3 aromatic heterocycles. The number of likely N-dealkylation sites (tertiary alicyclic amines) is 1. The van der Waals surface area contributed by atoms with Crippen LogP contribution in [0.1, 0.15) is 69.9 Å². The van der Waals surface area contributed by atoms with Gasteiger partial charge in [-0.05, 0) is 61.3 Å². The lowest BCUT2D eigenvalue weighted by atomic mass is 9.93. The Hall–Kier alpha value is -4.67. The molecule has 1 aromatic carbocycles. The lowest BCUT2D eigenvalue weighted by molar-refractivity contribution is 0.0712. The molecule has 0 spiro atoms. The van der Waals surface area contributed by atoms with E-state index in [1.54, 1.807) is 16.9 Å². The van der Waals surface area contributed by atoms with Crippen LogP contribution in [0.4, 0.5) is 11.6 Å². The SMILES string of the molecule is CCc1cccc(CC)c1NC(=O)c1nn(C)c2c1CCc1cnc(NC3CCN(C(=O)c4ccncn4)CC3)nc1-2. The van der Waals surface area contributed by atoms with Gasteiger partial charge in [-0.15, -0.1) is 0 Å². The van der Waals surface area contributed by atoms with Crippen molar-refractivity contribution in [3.05, 3.63) is 76.6 Å². The van der Waals surface area contributed by atoms with E-state index in [1.807, 2.05) is 24.2 Å². The number of aromatic nitrogens is 6. The van der Waals surface area contributed by atoms with Crippen molar-refractivity contribution >= 4 is 23.5 Å². The van der Waals surface area contributed by atoms with E-state index in [2.05, 4.69) is 56.7 Å². The van der Waals surface area contributed by atoms with Gasteiger partial charge >= 0.3 is 0 Å². The Morgan fingerprint density at radius 1 is 1.02 bits per heavy atom. The van der Waals surface area contributed by atoms with Gasteiger partial charge in [0, 0.05) is 49.8 Å². The molecule has 4 heterocycles. The van der Waals surface area contributed by atoms with Gasteiger partial charge in [-0.25, -0.2) is 19.9 Å². The molecule has 1 saturated heterocycles. The number of carbonyl (C=O) groups excluding carboxylic acids is 2. The molecule has 6 rings (SSSR count). The third-order valence-electron chi connectivity index (χ3n) is 8.25. The number of anilines is 2. The number of carbonyl (C=O) groups is 2. The molecule has 0 saturated carbocycles. The van der Waals surface area contributed by atoms with Crippen LogP contribution in [0.25, 0.3) is 11.4 Å². The monoisotopic (exact) mass is 565 g/mol. The largest absolute Gasteiger partial charge is 0.351 e. The molecular weight excluding hydrogens is 530 g/mol. The standard InChI is InChI=1S/C31H35N9O2/c1-4-19-7-6-8-20(5-2)25(19)36-29(41)27-23-10-9-21-17-33-31(37-26(21)28(23)39(3)38-27)35-22-12-15-40(16-13-22)30(42)24-11-14-32-18-34-24/h6-8,11,14,17-18,22H,4-5,9-10,12-13,15-16H2,1-3H3,(H,36,41)(H,33,35,37). The maximum atomic E-state index is 13.6. The Kier molecular flexibility index (Phi) is 7.64. The summed E-state index contributed by atoms with van der Waals surface area (Å²) < 4.78 is 1.77. The molecule has 0 radical (unpaired) electrons. The number of nitrogens with zero attached hydrogens (tertiary/aromatic N) is 7. The predicted molar refractivity (Wildman–Crippen MR) is 159 cm³/mol. The second kappa shape index (κ2) is 11.7. The molecule has 2 N–H and O–H groups in total. The van der Waals surface area contributed by atoms with Crippen LogP contribution in [0.15, 0.2) is 43.0 Å². The van der Waals surface area contributed by atoms with E-state index < -0.39 is 0 Å². The van der Waals surface area contributed by atoms with Crippen LogP contribution >= 0.6 is 0 Å². The molecule has 0 unspecified atom stereocenters. The Bertz CT molecular complexity index is 1600. The van der Waals surface area contributed by atoms with E-state index in [4.69, 9.17) is 4.98 Å². The van der Waals surface area contributed by atoms with Gasteiger partial charge in [0.1, 0.15) is 12.0 Å². The Labute approximate surface area is 244 Å². The van der Waals surface area contributed by atoms with Crippen molar-refractivity contribution < 1.29 is 9.59 Å². The summed E-state index contributed by atoms with van der Waals surface area (Å²) in [5.74, 6) is 0.272. The van der Waals surface area contributed by atoms with Crippen LogP contribution in [0.3, 0.4) is 0 Å². The Balaban J connectivity index is 1.18. The molecule has 1 fully saturated rings. The summed E-state index contributed by atoms with van der Waals surface area (Å²) in [6.45, 7) is 5.43. The molecular formula is C31H35N9O2. The molecule has 4 aromatic rings. The van der Waals surface area contributed by atoms with Gasteiger partial charge in [0.2, 0.25) is 5.95 Å². The van der Waals surface area contributed by atoms with Gasteiger partial charge in [-0.3, -0.25) is 14.3 Å². The predicted octanol–water partition coefficient (Wildman–Crippen LogP) is 3.86. The van der Waals surface area contributed by atoms with Crippen LogP contribution in [-0.2, 0) is 32.7 Å². The van der Waals surface area contributed by atoms with Crippen LogP contribution in [-0.4, -0.2) is 65.6 Å². The average molecular weight is 566 g/mol. The van der Waals surface area contributed by atoms with E-state index >= 15 is 0 Å². The molecule has 216 valence electrons. The maximum absolute atomic E-state index is 13.6. The number of fused-ring (bicyclic) bond motifs is 3. The van der Waals surface area contributed by atoms with E-state index in [0.29, 0.717) is 36.8 Å². The first kappa shape index (κ1) is 27.5. The highest BCUT2D eigenvalue weighted by Gasteiger charge is 2.30. The molecule has 11 heteroatoms. The van der Waals surface area contributed by atoms with Crippen molar-refractivity contribution in [1.29, 1.82) is 0 Å². The maximum Gasteiger partial charge on any atom is 0.276 e. The molecule has 0 bridgehead atoms. The first-order chi connectivity index (χ1) is 20.5. The van der Waals surface area contributed by atoms with Gasteiger partial charge in [0.15, 0.2) is 5.69 Å². The molecule has 1 aliphatic heterocycles. The first-order valence-electron chi connectivity index (χ1n) is 14.6. The van der Waals surface area contributed by atoms with E-state index in [1.165, 1.54) is 6.33 Å². The number of benzene rings is 1. The van der Waals surface area contributed by atoms with Crippen molar-refractivity contribution in [2.75, 3.05) is 23.7 Å². The minimum atomic E-state index is -0.193. The van der Waals surface area contributed by atoms with Crippen LogP contribution in [0.2, 0.25) is 0 Å². The highest BCUT2D eigenvalue weighted by molar-refractivity contribution is 6.06. The summed E-state index contributed by atoms with van der Waals surface area (Å²) in [4.78, 5) is 45.6. The molecule has 2 aliphatic rings. The minimum absolute atomic E-state index is 0.0754. The molecule has 2 amide bonds. The number of nitrogens with one attached hydrogen (secondary N) is 2. The second-order valence-corrected chi connectivity index (χ2v) is 10.8.